The summed E-state index contributed by atoms with van der Waals surface area (Å²) >= 11 is 1.46. The molecule has 0 saturated heterocycles. The number of thiazole rings is 1. The zero-order valence-electron chi connectivity index (χ0n) is 13.5. The van der Waals surface area contributed by atoms with Gasteiger partial charge in [0.2, 0.25) is 0 Å². The first-order chi connectivity index (χ1) is 11.0. The van der Waals surface area contributed by atoms with Crippen LogP contribution >= 0.6 is 11.3 Å². The van der Waals surface area contributed by atoms with Gasteiger partial charge in [0.25, 0.3) is 5.91 Å². The number of ether oxygens (including phenoxy) is 1. The molecule has 0 fully saturated rings. The molecule has 1 heterocycles. The summed E-state index contributed by atoms with van der Waals surface area (Å²) in [6.45, 7) is 5.70. The quantitative estimate of drug-likeness (QED) is 0.649. The molecule has 6 heteroatoms. The molecular formula is C17H20N2O3S. The molecule has 2 aromatic rings. The number of amides is 1. The van der Waals surface area contributed by atoms with Crippen LogP contribution in [0.1, 0.15) is 39.8 Å². The molecule has 1 amide bonds. The lowest BCUT2D eigenvalue weighted by Crippen LogP contribution is -2.11. The number of esters is 1. The van der Waals surface area contributed by atoms with Crippen LogP contribution in [-0.2, 0) is 16.0 Å². The second-order valence-corrected chi connectivity index (χ2v) is 6.37. The van der Waals surface area contributed by atoms with Crippen molar-refractivity contribution in [1.29, 1.82) is 0 Å². The number of aromatic nitrogens is 1. The van der Waals surface area contributed by atoms with Gasteiger partial charge in [-0.1, -0.05) is 17.7 Å². The fraction of sp³-hybridized carbons (Fsp3) is 0.353. The van der Waals surface area contributed by atoms with E-state index in [1.54, 1.807) is 12.1 Å². The molecule has 0 aliphatic heterocycles. The summed E-state index contributed by atoms with van der Waals surface area (Å²) < 4.78 is 4.92. The summed E-state index contributed by atoms with van der Waals surface area (Å²) in [5.41, 5.74) is 2.62. The number of carbonyl (C=O) groups is 2. The van der Waals surface area contributed by atoms with Crippen molar-refractivity contribution in [3.8, 4) is 0 Å². The number of hydrogen-bond acceptors (Lipinski definition) is 5. The molecule has 1 aromatic heterocycles. The third-order valence-electron chi connectivity index (χ3n) is 3.28. The Balaban J connectivity index is 1.93. The van der Waals surface area contributed by atoms with E-state index < -0.39 is 0 Å². The maximum atomic E-state index is 12.2. The highest BCUT2D eigenvalue weighted by atomic mass is 32.1. The molecule has 5 nitrogen and oxygen atoms in total. The summed E-state index contributed by atoms with van der Waals surface area (Å²) in [5, 5.41) is 3.42. The fourth-order valence-electron chi connectivity index (χ4n) is 2.04. The minimum absolute atomic E-state index is 0.162. The predicted molar refractivity (Wildman–Crippen MR) is 90.9 cm³/mol. The monoisotopic (exact) mass is 332 g/mol. The molecule has 23 heavy (non-hydrogen) atoms. The van der Waals surface area contributed by atoms with E-state index in [9.17, 15) is 9.59 Å². The van der Waals surface area contributed by atoms with Crippen molar-refractivity contribution in [2.24, 2.45) is 0 Å². The maximum Gasteiger partial charge on any atom is 0.302 e. The van der Waals surface area contributed by atoms with E-state index in [1.807, 2.05) is 26.0 Å². The molecule has 122 valence electrons. The van der Waals surface area contributed by atoms with Crippen LogP contribution in [0.15, 0.2) is 24.3 Å². The highest BCUT2D eigenvalue weighted by Gasteiger charge is 2.12. The van der Waals surface area contributed by atoms with E-state index in [0.29, 0.717) is 17.3 Å². The fourth-order valence-corrected chi connectivity index (χ4v) is 3.04. The van der Waals surface area contributed by atoms with Crippen LogP contribution < -0.4 is 5.32 Å². The largest absolute Gasteiger partial charge is 0.466 e. The molecular weight excluding hydrogens is 312 g/mol. The van der Waals surface area contributed by atoms with Crippen LogP contribution in [0.5, 0.6) is 0 Å². The number of nitrogens with one attached hydrogen (secondary N) is 1. The summed E-state index contributed by atoms with van der Waals surface area (Å²) in [5.74, 6) is -0.428. The minimum Gasteiger partial charge on any atom is -0.466 e. The molecule has 0 aliphatic rings. The first kappa shape index (κ1) is 17.1. The third kappa shape index (κ3) is 5.17. The van der Waals surface area contributed by atoms with Crippen molar-refractivity contribution in [1.82, 2.24) is 4.98 Å². The molecule has 0 aliphatic carbocycles. The lowest BCUT2D eigenvalue weighted by atomic mass is 10.1. The minimum atomic E-state index is -0.267. The van der Waals surface area contributed by atoms with Gasteiger partial charge in [-0.2, -0.15) is 0 Å². The molecule has 1 N–H and O–H groups in total. The van der Waals surface area contributed by atoms with Crippen molar-refractivity contribution < 1.29 is 14.3 Å². The number of benzene rings is 1. The number of hydrogen-bond donors (Lipinski definition) is 1. The summed E-state index contributed by atoms with van der Waals surface area (Å²) in [7, 11) is 0. The van der Waals surface area contributed by atoms with Gasteiger partial charge in [-0.05, 0) is 38.8 Å². The SMILES string of the molecule is CC(=O)OCCCc1sc(NC(=O)c2ccc(C)cc2)nc1C. The van der Waals surface area contributed by atoms with E-state index >= 15 is 0 Å². The van der Waals surface area contributed by atoms with Gasteiger partial charge in [-0.15, -0.1) is 11.3 Å². The zero-order chi connectivity index (χ0) is 16.8. The smallest absolute Gasteiger partial charge is 0.302 e. The highest BCUT2D eigenvalue weighted by molar-refractivity contribution is 7.15. The maximum absolute atomic E-state index is 12.2. The van der Waals surface area contributed by atoms with Gasteiger partial charge < -0.3 is 4.74 Å². The Hall–Kier alpha value is -2.21. The standard InChI is InChI=1S/C17H20N2O3S/c1-11-6-8-14(9-7-11)16(21)19-17-18-12(2)15(23-17)5-4-10-22-13(3)20/h6-9H,4-5,10H2,1-3H3,(H,18,19,21). The molecule has 0 spiro atoms. The average Bonchev–Trinajstić information content (AvgIpc) is 2.84. The topological polar surface area (TPSA) is 68.3 Å². The van der Waals surface area contributed by atoms with Crippen molar-refractivity contribution in [3.63, 3.8) is 0 Å². The first-order valence-corrected chi connectivity index (χ1v) is 8.25. The van der Waals surface area contributed by atoms with Crippen LogP contribution in [0, 0.1) is 13.8 Å². The summed E-state index contributed by atoms with van der Waals surface area (Å²) in [6, 6.07) is 7.40. The number of carbonyl (C=O) groups excluding carboxylic acids is 2. The van der Waals surface area contributed by atoms with E-state index in [1.165, 1.54) is 18.3 Å². The van der Waals surface area contributed by atoms with Gasteiger partial charge in [-0.25, -0.2) is 4.98 Å². The van der Waals surface area contributed by atoms with E-state index in [-0.39, 0.29) is 11.9 Å². The Morgan fingerprint density at radius 2 is 1.91 bits per heavy atom. The Labute approximate surface area is 139 Å². The van der Waals surface area contributed by atoms with Crippen LogP contribution in [0.2, 0.25) is 0 Å². The molecule has 0 radical (unpaired) electrons. The number of rotatable bonds is 6. The first-order valence-electron chi connectivity index (χ1n) is 7.43. The second-order valence-electron chi connectivity index (χ2n) is 5.29. The molecule has 0 atom stereocenters. The number of aryl methyl sites for hydroxylation is 3. The molecule has 0 bridgehead atoms. The van der Waals surface area contributed by atoms with Gasteiger partial charge in [0, 0.05) is 17.4 Å². The summed E-state index contributed by atoms with van der Waals surface area (Å²) in [4.78, 5) is 28.4. The second kappa shape index (κ2) is 7.87. The highest BCUT2D eigenvalue weighted by Crippen LogP contribution is 2.24. The van der Waals surface area contributed by atoms with Crippen LogP contribution in [0.3, 0.4) is 0 Å². The van der Waals surface area contributed by atoms with Crippen molar-refractivity contribution in [2.45, 2.75) is 33.6 Å². The van der Waals surface area contributed by atoms with Crippen molar-refractivity contribution in [2.75, 3.05) is 11.9 Å². The molecule has 0 unspecified atom stereocenters. The van der Waals surface area contributed by atoms with Crippen LogP contribution in [-0.4, -0.2) is 23.5 Å². The van der Waals surface area contributed by atoms with Crippen LogP contribution in [0.4, 0.5) is 5.13 Å². The predicted octanol–water partition coefficient (Wildman–Crippen LogP) is 3.51. The normalized spacial score (nSPS) is 10.4. The zero-order valence-corrected chi connectivity index (χ0v) is 14.3. The number of anilines is 1. The van der Waals surface area contributed by atoms with Gasteiger partial charge in [-0.3, -0.25) is 14.9 Å². The Bertz CT molecular complexity index is 692. The van der Waals surface area contributed by atoms with Gasteiger partial charge >= 0.3 is 5.97 Å². The van der Waals surface area contributed by atoms with Crippen molar-refractivity contribution >= 4 is 28.3 Å². The Kier molecular flexibility index (Phi) is 5.87. The Morgan fingerprint density at radius 1 is 1.22 bits per heavy atom. The third-order valence-corrected chi connectivity index (χ3v) is 4.41. The van der Waals surface area contributed by atoms with Crippen molar-refractivity contribution in [3.05, 3.63) is 46.0 Å². The van der Waals surface area contributed by atoms with E-state index in [2.05, 4.69) is 10.3 Å². The van der Waals surface area contributed by atoms with Crippen LogP contribution in [0.25, 0.3) is 0 Å². The van der Waals surface area contributed by atoms with Gasteiger partial charge in [0.15, 0.2) is 5.13 Å². The Morgan fingerprint density at radius 3 is 2.57 bits per heavy atom. The van der Waals surface area contributed by atoms with Gasteiger partial charge in [0.1, 0.15) is 0 Å². The van der Waals surface area contributed by atoms with E-state index in [4.69, 9.17) is 4.74 Å². The lowest BCUT2D eigenvalue weighted by molar-refractivity contribution is -0.141. The molecule has 1 aromatic carbocycles. The van der Waals surface area contributed by atoms with Gasteiger partial charge in [0.05, 0.1) is 12.3 Å². The molecule has 0 saturated carbocycles. The summed E-state index contributed by atoms with van der Waals surface area (Å²) in [6.07, 6.45) is 1.52. The average molecular weight is 332 g/mol. The molecule has 2 rings (SSSR count). The lowest BCUT2D eigenvalue weighted by Gasteiger charge is -2.02. The van der Waals surface area contributed by atoms with E-state index in [0.717, 1.165) is 29.0 Å². The number of nitrogens with zero attached hydrogens (tertiary/aromatic N) is 1.